The Bertz CT molecular complexity index is 605. The van der Waals surface area contributed by atoms with Crippen LogP contribution in [0.2, 0.25) is 0 Å². The highest BCUT2D eigenvalue weighted by Crippen LogP contribution is 2.24. The summed E-state index contributed by atoms with van der Waals surface area (Å²) in [5.41, 5.74) is 1.63. The summed E-state index contributed by atoms with van der Waals surface area (Å²) in [4.78, 5) is 11.3. The van der Waals surface area contributed by atoms with Crippen molar-refractivity contribution in [2.75, 3.05) is 6.61 Å². The number of hydrogen-bond acceptors (Lipinski definition) is 4. The number of carbonyl (C=O) groups excluding carboxylic acids is 1. The Balaban J connectivity index is 2.13. The Morgan fingerprint density at radius 2 is 2.10 bits per heavy atom. The van der Waals surface area contributed by atoms with Crippen molar-refractivity contribution in [2.24, 2.45) is 7.05 Å². The highest BCUT2D eigenvalue weighted by molar-refractivity contribution is 5.81. The Hall–Kier alpha value is -1.85. The molecule has 0 aliphatic carbocycles. The average Bonchev–Trinajstić information content (AvgIpc) is 2.79. The van der Waals surface area contributed by atoms with Crippen LogP contribution in [0.4, 0.5) is 0 Å². The van der Waals surface area contributed by atoms with Crippen LogP contribution in [0.15, 0.2) is 30.5 Å². The molecule has 0 aliphatic rings. The lowest BCUT2D eigenvalue weighted by atomic mass is 10.0. The van der Waals surface area contributed by atoms with Gasteiger partial charge in [-0.3, -0.25) is 4.79 Å². The maximum Gasteiger partial charge on any atom is 0.308 e. The van der Waals surface area contributed by atoms with E-state index in [2.05, 4.69) is 0 Å². The van der Waals surface area contributed by atoms with Gasteiger partial charge in [-0.05, 0) is 36.1 Å². The monoisotopic (exact) mass is 277 g/mol. The lowest BCUT2D eigenvalue weighted by Crippen LogP contribution is -2.23. The first kappa shape index (κ1) is 14.6. The van der Waals surface area contributed by atoms with E-state index in [0.717, 1.165) is 10.9 Å². The minimum atomic E-state index is -1.17. The van der Waals surface area contributed by atoms with Gasteiger partial charge in [0.15, 0.2) is 0 Å². The van der Waals surface area contributed by atoms with Gasteiger partial charge in [0.25, 0.3) is 0 Å². The van der Waals surface area contributed by atoms with Crippen LogP contribution in [0.5, 0.6) is 0 Å². The molecule has 20 heavy (non-hydrogen) atoms. The molecule has 0 amide bonds. The van der Waals surface area contributed by atoms with Crippen molar-refractivity contribution in [3.63, 3.8) is 0 Å². The summed E-state index contributed by atoms with van der Waals surface area (Å²) in [5.74, 6) is -0.514. The van der Waals surface area contributed by atoms with E-state index in [-0.39, 0.29) is 13.0 Å². The molecule has 1 aromatic heterocycles. The van der Waals surface area contributed by atoms with Crippen LogP contribution in [0.3, 0.4) is 0 Å². The Morgan fingerprint density at radius 1 is 1.35 bits per heavy atom. The number of aliphatic hydroxyl groups excluding tert-OH is 2. The number of fused-ring (bicyclic) bond motifs is 1. The average molecular weight is 277 g/mol. The number of benzene rings is 1. The fourth-order valence-electron chi connectivity index (χ4n) is 2.21. The number of nitrogens with zero attached hydrogens (tertiary/aromatic N) is 1. The third kappa shape index (κ3) is 3.00. The van der Waals surface area contributed by atoms with Crippen molar-refractivity contribution in [3.8, 4) is 0 Å². The maximum absolute atomic E-state index is 11.3. The molecule has 5 nitrogen and oxygen atoms in total. The zero-order valence-corrected chi connectivity index (χ0v) is 11.6. The summed E-state index contributed by atoms with van der Waals surface area (Å²) in [5, 5.41) is 21.0. The zero-order chi connectivity index (χ0) is 14.7. The molecule has 2 N–H and O–H groups in total. The molecule has 2 rings (SSSR count). The van der Waals surface area contributed by atoms with Gasteiger partial charge in [0.2, 0.25) is 0 Å². The largest absolute Gasteiger partial charge is 0.466 e. The topological polar surface area (TPSA) is 71.7 Å². The van der Waals surface area contributed by atoms with Crippen LogP contribution in [-0.4, -0.2) is 33.5 Å². The molecular weight excluding hydrogens is 258 g/mol. The van der Waals surface area contributed by atoms with Gasteiger partial charge in [-0.2, -0.15) is 0 Å². The lowest BCUT2D eigenvalue weighted by molar-refractivity contribution is -0.147. The standard InChI is InChI=1S/C15H19NO4/c1-3-20-14(18)9-13(17)15(19)11-4-5-12-10(8-11)6-7-16(12)2/h4-8,13,15,17,19H,3,9H2,1-2H3. The van der Waals surface area contributed by atoms with Gasteiger partial charge in [0.05, 0.1) is 19.1 Å². The number of rotatable bonds is 5. The fraction of sp³-hybridized carbons (Fsp3) is 0.400. The molecule has 0 radical (unpaired) electrons. The number of aliphatic hydroxyl groups is 2. The van der Waals surface area contributed by atoms with Crippen LogP contribution in [0.1, 0.15) is 25.0 Å². The summed E-state index contributed by atoms with van der Waals surface area (Å²) < 4.78 is 6.73. The van der Waals surface area contributed by atoms with E-state index in [9.17, 15) is 15.0 Å². The summed E-state index contributed by atoms with van der Waals surface area (Å²) in [6, 6.07) is 7.38. The van der Waals surface area contributed by atoms with Crippen molar-refractivity contribution in [1.82, 2.24) is 4.57 Å². The van der Waals surface area contributed by atoms with Gasteiger partial charge < -0.3 is 19.5 Å². The SMILES string of the molecule is CCOC(=O)CC(O)C(O)c1ccc2c(ccn2C)c1. The number of aryl methyl sites for hydroxylation is 1. The summed E-state index contributed by atoms with van der Waals surface area (Å²) >= 11 is 0. The minimum absolute atomic E-state index is 0.220. The summed E-state index contributed by atoms with van der Waals surface area (Å²) in [6.07, 6.45) is -0.572. The van der Waals surface area contributed by atoms with Gasteiger partial charge >= 0.3 is 5.97 Å². The number of aromatic nitrogens is 1. The van der Waals surface area contributed by atoms with E-state index < -0.39 is 18.2 Å². The molecule has 2 atom stereocenters. The predicted molar refractivity (Wildman–Crippen MR) is 75.1 cm³/mol. The van der Waals surface area contributed by atoms with Gasteiger partial charge in [0.1, 0.15) is 6.10 Å². The molecule has 1 aromatic carbocycles. The molecule has 0 spiro atoms. The van der Waals surface area contributed by atoms with Crippen molar-refractivity contribution in [1.29, 1.82) is 0 Å². The molecule has 5 heteroatoms. The van der Waals surface area contributed by atoms with Crippen LogP contribution < -0.4 is 0 Å². The van der Waals surface area contributed by atoms with E-state index in [0.29, 0.717) is 5.56 Å². The van der Waals surface area contributed by atoms with Gasteiger partial charge in [-0.15, -0.1) is 0 Å². The second-order valence-electron chi connectivity index (χ2n) is 4.77. The maximum atomic E-state index is 11.3. The molecule has 2 aromatic rings. The minimum Gasteiger partial charge on any atom is -0.466 e. The first-order valence-electron chi connectivity index (χ1n) is 6.59. The second-order valence-corrected chi connectivity index (χ2v) is 4.77. The van der Waals surface area contributed by atoms with E-state index in [4.69, 9.17) is 4.74 Å². The Kier molecular flexibility index (Phi) is 4.42. The predicted octanol–water partition coefficient (Wildman–Crippen LogP) is 1.53. The third-order valence-electron chi connectivity index (χ3n) is 3.30. The first-order chi connectivity index (χ1) is 9.52. The Morgan fingerprint density at radius 3 is 2.80 bits per heavy atom. The van der Waals surface area contributed by atoms with E-state index >= 15 is 0 Å². The zero-order valence-electron chi connectivity index (χ0n) is 11.6. The molecule has 0 bridgehead atoms. The third-order valence-corrected chi connectivity index (χ3v) is 3.30. The van der Waals surface area contributed by atoms with Crippen molar-refractivity contribution in [3.05, 3.63) is 36.0 Å². The summed E-state index contributed by atoms with van der Waals surface area (Å²) in [7, 11) is 1.94. The fourth-order valence-corrected chi connectivity index (χ4v) is 2.21. The second kappa shape index (κ2) is 6.07. The molecule has 0 aliphatic heterocycles. The van der Waals surface area contributed by atoms with Crippen molar-refractivity contribution >= 4 is 16.9 Å². The van der Waals surface area contributed by atoms with Crippen LogP contribution in [-0.2, 0) is 16.6 Å². The molecule has 108 valence electrons. The molecule has 0 saturated heterocycles. The van der Waals surface area contributed by atoms with Gasteiger partial charge in [-0.25, -0.2) is 0 Å². The number of esters is 1. The van der Waals surface area contributed by atoms with E-state index in [1.807, 2.05) is 36.0 Å². The van der Waals surface area contributed by atoms with Crippen LogP contribution in [0.25, 0.3) is 10.9 Å². The van der Waals surface area contributed by atoms with E-state index in [1.165, 1.54) is 0 Å². The normalized spacial score (nSPS) is 14.2. The van der Waals surface area contributed by atoms with Gasteiger partial charge in [0, 0.05) is 18.8 Å². The summed E-state index contributed by atoms with van der Waals surface area (Å²) in [6.45, 7) is 1.96. The first-order valence-corrected chi connectivity index (χ1v) is 6.59. The molecule has 1 heterocycles. The Labute approximate surface area is 117 Å². The van der Waals surface area contributed by atoms with Crippen molar-refractivity contribution in [2.45, 2.75) is 25.6 Å². The van der Waals surface area contributed by atoms with Gasteiger partial charge in [-0.1, -0.05) is 6.07 Å². The van der Waals surface area contributed by atoms with Crippen molar-refractivity contribution < 1.29 is 19.7 Å². The number of ether oxygens (including phenoxy) is 1. The van der Waals surface area contributed by atoms with Crippen LogP contribution >= 0.6 is 0 Å². The lowest BCUT2D eigenvalue weighted by Gasteiger charge is -2.17. The highest BCUT2D eigenvalue weighted by Gasteiger charge is 2.22. The molecule has 2 unspecified atom stereocenters. The van der Waals surface area contributed by atoms with E-state index in [1.54, 1.807) is 13.0 Å². The molecule has 0 fully saturated rings. The number of carbonyl (C=O) groups is 1. The molecular formula is C15H19NO4. The molecule has 0 saturated carbocycles. The number of hydrogen-bond donors (Lipinski definition) is 2. The van der Waals surface area contributed by atoms with Crippen LogP contribution in [0, 0.1) is 0 Å². The quantitative estimate of drug-likeness (QED) is 0.813. The smallest absolute Gasteiger partial charge is 0.308 e. The highest BCUT2D eigenvalue weighted by atomic mass is 16.5.